The Kier molecular flexibility index (Phi) is 8.06. The van der Waals surface area contributed by atoms with Gasteiger partial charge in [0.05, 0.1) is 32.0 Å². The molecule has 9 heteroatoms. The van der Waals surface area contributed by atoms with E-state index in [1.807, 2.05) is 19.9 Å². The first-order chi connectivity index (χ1) is 16.1. The second kappa shape index (κ2) is 10.8. The van der Waals surface area contributed by atoms with Crippen LogP contribution in [0.4, 0.5) is 13.2 Å². The molecule has 0 saturated heterocycles. The summed E-state index contributed by atoms with van der Waals surface area (Å²) in [5, 5.41) is 4.18. The van der Waals surface area contributed by atoms with Crippen LogP contribution >= 0.6 is 0 Å². The van der Waals surface area contributed by atoms with Crippen molar-refractivity contribution in [2.24, 2.45) is 11.1 Å². The van der Waals surface area contributed by atoms with Gasteiger partial charge in [-0.2, -0.15) is 13.2 Å². The summed E-state index contributed by atoms with van der Waals surface area (Å²) in [4.78, 5) is 20.1. The molecular formula is C25H29F3N2O4. The Morgan fingerprint density at radius 3 is 2.53 bits per heavy atom. The number of methoxy groups -OCH3 is 2. The Bertz CT molecular complexity index is 1040. The molecule has 1 heterocycles. The number of hydrogen-bond acceptors (Lipinski definition) is 5. The fourth-order valence-electron chi connectivity index (χ4n) is 3.76. The van der Waals surface area contributed by atoms with Crippen molar-refractivity contribution >= 4 is 11.6 Å². The summed E-state index contributed by atoms with van der Waals surface area (Å²) in [6.07, 6.45) is -4.12. The molecule has 0 N–H and O–H groups in total. The number of ether oxygens (including phenoxy) is 2. The Labute approximate surface area is 197 Å². The summed E-state index contributed by atoms with van der Waals surface area (Å²) in [7, 11) is 3.10. The normalized spacial score (nSPS) is 15.6. The molecule has 0 spiro atoms. The molecule has 6 nitrogen and oxygen atoms in total. The molecule has 1 unspecified atom stereocenters. The topological polar surface area (TPSA) is 60.4 Å². The molecule has 1 aliphatic heterocycles. The minimum Gasteiger partial charge on any atom is -0.493 e. The standard InChI is InChI=1S/C25H29F3N2O4/c1-16(2)10-24(31)30(14-17-6-5-7-19(11-17)25(26,27)28)15-20-13-21(29-34-20)18-8-9-22(32-3)23(12-18)33-4/h5-9,11-12,16,20H,10,13-15H2,1-4H3. The molecule has 34 heavy (non-hydrogen) atoms. The van der Waals surface area contributed by atoms with Gasteiger partial charge >= 0.3 is 6.18 Å². The fraction of sp³-hybridized carbons (Fsp3) is 0.440. The van der Waals surface area contributed by atoms with Gasteiger partial charge < -0.3 is 19.2 Å². The molecule has 0 bridgehead atoms. The zero-order valence-corrected chi connectivity index (χ0v) is 19.7. The van der Waals surface area contributed by atoms with Gasteiger partial charge in [-0.1, -0.05) is 31.1 Å². The molecule has 2 aromatic rings. The van der Waals surface area contributed by atoms with Crippen molar-refractivity contribution in [3.63, 3.8) is 0 Å². The lowest BCUT2D eigenvalue weighted by atomic mass is 10.0. The van der Waals surface area contributed by atoms with E-state index in [1.54, 1.807) is 37.3 Å². The highest BCUT2D eigenvalue weighted by molar-refractivity contribution is 6.01. The predicted molar refractivity (Wildman–Crippen MR) is 122 cm³/mol. The highest BCUT2D eigenvalue weighted by Crippen LogP contribution is 2.31. The number of benzene rings is 2. The zero-order chi connectivity index (χ0) is 24.9. The minimum absolute atomic E-state index is 0.0566. The average molecular weight is 479 g/mol. The Balaban J connectivity index is 1.73. The van der Waals surface area contributed by atoms with Crippen LogP contribution in [0.15, 0.2) is 47.6 Å². The van der Waals surface area contributed by atoms with Gasteiger partial charge in [-0.25, -0.2) is 0 Å². The monoisotopic (exact) mass is 478 g/mol. The van der Waals surface area contributed by atoms with E-state index in [0.29, 0.717) is 29.2 Å². The van der Waals surface area contributed by atoms with Crippen LogP contribution in [0.5, 0.6) is 11.5 Å². The predicted octanol–water partition coefficient (Wildman–Crippen LogP) is 5.29. The van der Waals surface area contributed by atoms with E-state index < -0.39 is 17.8 Å². The molecule has 184 valence electrons. The third-order valence-corrected chi connectivity index (χ3v) is 5.44. The summed E-state index contributed by atoms with van der Waals surface area (Å²) in [5.41, 5.74) is 1.17. The molecular weight excluding hydrogens is 449 g/mol. The largest absolute Gasteiger partial charge is 0.493 e. The number of rotatable bonds is 9. The van der Waals surface area contributed by atoms with E-state index in [4.69, 9.17) is 14.3 Å². The summed E-state index contributed by atoms with van der Waals surface area (Å²) in [6, 6.07) is 10.5. The van der Waals surface area contributed by atoms with E-state index in [-0.39, 0.29) is 31.3 Å². The van der Waals surface area contributed by atoms with Crippen LogP contribution in [0.1, 0.15) is 43.4 Å². The maximum absolute atomic E-state index is 13.1. The smallest absolute Gasteiger partial charge is 0.416 e. The van der Waals surface area contributed by atoms with E-state index >= 15 is 0 Å². The van der Waals surface area contributed by atoms with Crippen LogP contribution in [-0.2, 0) is 22.4 Å². The Hall–Kier alpha value is -3.23. The van der Waals surface area contributed by atoms with Gasteiger partial charge in [0.1, 0.15) is 0 Å². The van der Waals surface area contributed by atoms with E-state index in [2.05, 4.69) is 5.16 Å². The number of halogens is 3. The third-order valence-electron chi connectivity index (χ3n) is 5.44. The molecule has 0 aromatic heterocycles. The number of carbonyl (C=O) groups is 1. The van der Waals surface area contributed by atoms with Crippen molar-refractivity contribution in [2.45, 2.75) is 45.5 Å². The summed E-state index contributed by atoms with van der Waals surface area (Å²) in [5.74, 6) is 1.12. The summed E-state index contributed by atoms with van der Waals surface area (Å²) in [6.45, 7) is 4.11. The molecule has 1 aliphatic rings. The van der Waals surface area contributed by atoms with Crippen LogP contribution < -0.4 is 9.47 Å². The van der Waals surface area contributed by atoms with Crippen LogP contribution in [-0.4, -0.2) is 43.4 Å². The average Bonchev–Trinajstić information content (AvgIpc) is 3.26. The quantitative estimate of drug-likeness (QED) is 0.491. The maximum Gasteiger partial charge on any atom is 0.416 e. The summed E-state index contributed by atoms with van der Waals surface area (Å²) < 4.78 is 50.0. The zero-order valence-electron chi connectivity index (χ0n) is 19.7. The van der Waals surface area contributed by atoms with Gasteiger partial charge in [0.2, 0.25) is 5.91 Å². The number of oxime groups is 1. The first-order valence-electron chi connectivity index (χ1n) is 11.0. The second-order valence-electron chi connectivity index (χ2n) is 8.61. The molecule has 0 fully saturated rings. The summed E-state index contributed by atoms with van der Waals surface area (Å²) >= 11 is 0. The van der Waals surface area contributed by atoms with Crippen LogP contribution in [0.25, 0.3) is 0 Å². The van der Waals surface area contributed by atoms with Crippen molar-refractivity contribution < 1.29 is 32.3 Å². The van der Waals surface area contributed by atoms with Gasteiger partial charge in [0.25, 0.3) is 0 Å². The van der Waals surface area contributed by atoms with Crippen LogP contribution in [0, 0.1) is 5.92 Å². The second-order valence-corrected chi connectivity index (χ2v) is 8.61. The first kappa shape index (κ1) is 25.4. The molecule has 2 aromatic carbocycles. The van der Waals surface area contributed by atoms with E-state index in [0.717, 1.165) is 17.7 Å². The van der Waals surface area contributed by atoms with Crippen molar-refractivity contribution in [3.8, 4) is 11.5 Å². The fourth-order valence-corrected chi connectivity index (χ4v) is 3.76. The first-order valence-corrected chi connectivity index (χ1v) is 11.0. The maximum atomic E-state index is 13.1. The van der Waals surface area contributed by atoms with Crippen molar-refractivity contribution in [3.05, 3.63) is 59.2 Å². The molecule has 3 rings (SSSR count). The number of carbonyl (C=O) groups excluding carboxylic acids is 1. The van der Waals surface area contributed by atoms with Crippen molar-refractivity contribution in [2.75, 3.05) is 20.8 Å². The Morgan fingerprint density at radius 1 is 1.15 bits per heavy atom. The molecule has 1 amide bonds. The van der Waals surface area contributed by atoms with Gasteiger partial charge in [0, 0.05) is 24.9 Å². The van der Waals surface area contributed by atoms with Gasteiger partial charge in [-0.3, -0.25) is 4.79 Å². The lowest BCUT2D eigenvalue weighted by Gasteiger charge is -2.26. The highest BCUT2D eigenvalue weighted by Gasteiger charge is 2.31. The molecule has 0 aliphatic carbocycles. The number of amides is 1. The van der Waals surface area contributed by atoms with Gasteiger partial charge in [-0.15, -0.1) is 0 Å². The van der Waals surface area contributed by atoms with Crippen molar-refractivity contribution in [1.82, 2.24) is 4.90 Å². The van der Waals surface area contributed by atoms with Gasteiger partial charge in [-0.05, 0) is 41.8 Å². The number of alkyl halides is 3. The van der Waals surface area contributed by atoms with Crippen LogP contribution in [0.2, 0.25) is 0 Å². The van der Waals surface area contributed by atoms with E-state index in [9.17, 15) is 18.0 Å². The number of hydrogen-bond donors (Lipinski definition) is 0. The SMILES string of the molecule is COc1ccc(C2=NOC(CN(Cc3cccc(C(F)(F)F)c3)C(=O)CC(C)C)C2)cc1OC. The van der Waals surface area contributed by atoms with Crippen LogP contribution in [0.3, 0.4) is 0 Å². The highest BCUT2D eigenvalue weighted by atomic mass is 19.4. The molecule has 0 radical (unpaired) electrons. The minimum atomic E-state index is -4.44. The lowest BCUT2D eigenvalue weighted by molar-refractivity contribution is -0.137. The lowest BCUT2D eigenvalue weighted by Crippen LogP contribution is -2.37. The number of nitrogens with zero attached hydrogens (tertiary/aromatic N) is 2. The van der Waals surface area contributed by atoms with E-state index in [1.165, 1.54) is 6.07 Å². The molecule has 0 saturated carbocycles. The Morgan fingerprint density at radius 2 is 1.88 bits per heavy atom. The van der Waals surface area contributed by atoms with Gasteiger partial charge in [0.15, 0.2) is 17.6 Å². The third kappa shape index (κ3) is 6.42. The van der Waals surface area contributed by atoms with Crippen molar-refractivity contribution in [1.29, 1.82) is 0 Å². The molecule has 1 atom stereocenters.